The molecular formula is C6H8N2O. The van der Waals surface area contributed by atoms with Crippen molar-refractivity contribution in [2.75, 3.05) is 12.1 Å². The molecule has 0 saturated carbocycles. The monoisotopic (exact) mass is 124 g/mol. The van der Waals surface area contributed by atoms with E-state index in [4.69, 9.17) is 5.21 Å². The van der Waals surface area contributed by atoms with E-state index in [-0.39, 0.29) is 0 Å². The predicted molar refractivity (Wildman–Crippen MR) is 34.4 cm³/mol. The van der Waals surface area contributed by atoms with Gasteiger partial charge in [-0.3, -0.25) is 15.3 Å². The maximum Gasteiger partial charge on any atom is 0.0661 e. The van der Waals surface area contributed by atoms with Crippen molar-refractivity contribution in [2.24, 2.45) is 0 Å². The van der Waals surface area contributed by atoms with Crippen molar-refractivity contribution in [3.63, 3.8) is 0 Å². The highest BCUT2D eigenvalue weighted by molar-refractivity contribution is 5.39. The van der Waals surface area contributed by atoms with Gasteiger partial charge in [-0.2, -0.15) is 0 Å². The first-order valence-corrected chi connectivity index (χ1v) is 2.63. The second kappa shape index (κ2) is 2.46. The minimum Gasteiger partial charge on any atom is -0.289 e. The third-order valence-corrected chi connectivity index (χ3v) is 1.04. The van der Waals surface area contributed by atoms with Crippen LogP contribution in [-0.2, 0) is 0 Å². The molecule has 1 rings (SSSR count). The van der Waals surface area contributed by atoms with Gasteiger partial charge in [0, 0.05) is 19.4 Å². The largest absolute Gasteiger partial charge is 0.289 e. The van der Waals surface area contributed by atoms with Gasteiger partial charge in [-0.15, -0.1) is 0 Å². The van der Waals surface area contributed by atoms with Gasteiger partial charge in [0.1, 0.15) is 0 Å². The Morgan fingerprint density at radius 2 is 2.00 bits per heavy atom. The van der Waals surface area contributed by atoms with Crippen molar-refractivity contribution in [1.82, 2.24) is 4.98 Å². The van der Waals surface area contributed by atoms with Gasteiger partial charge in [0.05, 0.1) is 5.69 Å². The average molecular weight is 124 g/mol. The summed E-state index contributed by atoms with van der Waals surface area (Å²) in [4.78, 5) is 3.79. The summed E-state index contributed by atoms with van der Waals surface area (Å²) in [5, 5.41) is 9.87. The number of hydroxylamine groups is 1. The van der Waals surface area contributed by atoms with Gasteiger partial charge in [0.15, 0.2) is 0 Å². The first-order valence-electron chi connectivity index (χ1n) is 2.63. The molecule has 0 aliphatic heterocycles. The van der Waals surface area contributed by atoms with Crippen LogP contribution in [0.1, 0.15) is 0 Å². The average Bonchev–Trinajstić information content (AvgIpc) is 1.90. The highest BCUT2D eigenvalue weighted by atomic mass is 16.5. The second-order valence-corrected chi connectivity index (χ2v) is 1.73. The van der Waals surface area contributed by atoms with E-state index in [9.17, 15) is 0 Å². The molecule has 0 aliphatic rings. The van der Waals surface area contributed by atoms with Crippen molar-refractivity contribution in [3.05, 3.63) is 24.5 Å². The van der Waals surface area contributed by atoms with E-state index in [1.54, 1.807) is 31.6 Å². The van der Waals surface area contributed by atoms with Crippen LogP contribution in [-0.4, -0.2) is 17.2 Å². The molecule has 3 heteroatoms. The van der Waals surface area contributed by atoms with Crippen molar-refractivity contribution in [1.29, 1.82) is 0 Å². The standard InChI is InChI=1S/C6H8N2O/c1-8(9)6-2-4-7-5-3-6/h2-5,9H,1H3. The zero-order valence-electron chi connectivity index (χ0n) is 5.15. The lowest BCUT2D eigenvalue weighted by atomic mass is 10.4. The van der Waals surface area contributed by atoms with Gasteiger partial charge in [-0.25, -0.2) is 0 Å². The number of anilines is 1. The number of nitrogens with zero attached hydrogens (tertiary/aromatic N) is 2. The molecule has 0 aromatic carbocycles. The molecule has 1 N–H and O–H groups in total. The van der Waals surface area contributed by atoms with Gasteiger partial charge in [0.2, 0.25) is 0 Å². The molecule has 0 aliphatic carbocycles. The summed E-state index contributed by atoms with van der Waals surface area (Å²) in [7, 11) is 1.56. The molecule has 0 unspecified atom stereocenters. The number of aromatic nitrogens is 1. The Balaban J connectivity index is 2.85. The predicted octanol–water partition coefficient (Wildman–Crippen LogP) is 0.907. The van der Waals surface area contributed by atoms with Crippen LogP contribution >= 0.6 is 0 Å². The number of hydrogen-bond acceptors (Lipinski definition) is 3. The highest BCUT2D eigenvalue weighted by Crippen LogP contribution is 2.05. The summed E-state index contributed by atoms with van der Waals surface area (Å²) in [5.41, 5.74) is 0.741. The van der Waals surface area contributed by atoms with E-state index in [0.29, 0.717) is 0 Å². The Kier molecular flexibility index (Phi) is 1.65. The summed E-state index contributed by atoms with van der Waals surface area (Å²) in [5.74, 6) is 0. The molecule has 1 aromatic rings. The quantitative estimate of drug-likeness (QED) is 0.565. The molecule has 0 saturated heterocycles. The fourth-order valence-corrected chi connectivity index (χ4v) is 0.560. The molecule has 48 valence electrons. The SMILES string of the molecule is CN(O)c1ccncc1. The molecule has 1 heterocycles. The zero-order valence-corrected chi connectivity index (χ0v) is 5.15. The molecule has 3 nitrogen and oxygen atoms in total. The molecule has 0 bridgehead atoms. The fourth-order valence-electron chi connectivity index (χ4n) is 0.560. The van der Waals surface area contributed by atoms with Crippen LogP contribution < -0.4 is 5.06 Å². The lowest BCUT2D eigenvalue weighted by Crippen LogP contribution is -2.09. The summed E-state index contributed by atoms with van der Waals surface area (Å²) in [6.45, 7) is 0. The van der Waals surface area contributed by atoms with Crippen LogP contribution in [0.15, 0.2) is 24.5 Å². The summed E-state index contributed by atoms with van der Waals surface area (Å²) in [6.07, 6.45) is 3.25. The van der Waals surface area contributed by atoms with E-state index < -0.39 is 0 Å². The van der Waals surface area contributed by atoms with Crippen LogP contribution in [0.4, 0.5) is 5.69 Å². The Morgan fingerprint density at radius 1 is 1.44 bits per heavy atom. The maximum atomic E-state index is 8.83. The number of hydrogen-bond donors (Lipinski definition) is 1. The van der Waals surface area contributed by atoms with Crippen molar-refractivity contribution in [3.8, 4) is 0 Å². The molecule has 0 fully saturated rings. The second-order valence-electron chi connectivity index (χ2n) is 1.73. The Hall–Kier alpha value is -1.09. The number of rotatable bonds is 1. The van der Waals surface area contributed by atoms with Gasteiger partial charge in [0.25, 0.3) is 0 Å². The summed E-state index contributed by atoms with van der Waals surface area (Å²) in [6, 6.07) is 3.44. The van der Waals surface area contributed by atoms with Crippen LogP contribution in [0, 0.1) is 0 Å². The molecule has 0 spiro atoms. The minimum absolute atomic E-state index is 0.741. The lowest BCUT2D eigenvalue weighted by molar-refractivity contribution is 0.279. The van der Waals surface area contributed by atoms with Crippen molar-refractivity contribution in [2.45, 2.75) is 0 Å². The first kappa shape index (κ1) is 6.04. The minimum atomic E-state index is 0.741. The lowest BCUT2D eigenvalue weighted by Gasteiger charge is -2.07. The van der Waals surface area contributed by atoms with Gasteiger partial charge in [-0.1, -0.05) is 0 Å². The molecule has 1 aromatic heterocycles. The normalized spacial score (nSPS) is 9.11. The Labute approximate surface area is 53.5 Å². The molecule has 0 atom stereocenters. The Morgan fingerprint density at radius 3 is 2.33 bits per heavy atom. The van der Waals surface area contributed by atoms with E-state index in [1.165, 1.54) is 0 Å². The van der Waals surface area contributed by atoms with Gasteiger partial charge >= 0.3 is 0 Å². The highest BCUT2D eigenvalue weighted by Gasteiger charge is 1.90. The van der Waals surface area contributed by atoms with E-state index >= 15 is 0 Å². The van der Waals surface area contributed by atoms with E-state index in [2.05, 4.69) is 4.98 Å². The molecule has 0 radical (unpaired) electrons. The zero-order chi connectivity index (χ0) is 6.69. The third kappa shape index (κ3) is 1.40. The van der Waals surface area contributed by atoms with Crippen molar-refractivity contribution < 1.29 is 5.21 Å². The summed E-state index contributed by atoms with van der Waals surface area (Å²) < 4.78 is 0. The van der Waals surface area contributed by atoms with Crippen LogP contribution in [0.25, 0.3) is 0 Å². The molecule has 9 heavy (non-hydrogen) atoms. The van der Waals surface area contributed by atoms with Gasteiger partial charge in [-0.05, 0) is 12.1 Å². The van der Waals surface area contributed by atoms with Crippen LogP contribution in [0.3, 0.4) is 0 Å². The van der Waals surface area contributed by atoms with Gasteiger partial charge < -0.3 is 0 Å². The van der Waals surface area contributed by atoms with E-state index in [0.717, 1.165) is 10.8 Å². The van der Waals surface area contributed by atoms with Crippen molar-refractivity contribution >= 4 is 5.69 Å². The summed E-state index contributed by atoms with van der Waals surface area (Å²) >= 11 is 0. The van der Waals surface area contributed by atoms with Crippen LogP contribution in [0.2, 0.25) is 0 Å². The molecular weight excluding hydrogens is 116 g/mol. The molecule has 0 amide bonds. The topological polar surface area (TPSA) is 36.4 Å². The number of pyridine rings is 1. The first-order chi connectivity index (χ1) is 4.30. The fraction of sp³-hybridized carbons (Fsp3) is 0.167. The Bertz CT molecular complexity index is 174. The third-order valence-electron chi connectivity index (χ3n) is 1.04. The maximum absolute atomic E-state index is 8.83. The smallest absolute Gasteiger partial charge is 0.0661 e. The van der Waals surface area contributed by atoms with E-state index in [1.807, 2.05) is 0 Å². The van der Waals surface area contributed by atoms with Crippen LogP contribution in [0.5, 0.6) is 0 Å².